The van der Waals surface area contributed by atoms with Crippen molar-refractivity contribution in [1.82, 2.24) is 19.3 Å². The summed E-state index contributed by atoms with van der Waals surface area (Å²) in [6.07, 6.45) is 3.60. The summed E-state index contributed by atoms with van der Waals surface area (Å²) in [7, 11) is 0. The molecule has 2 aromatic heterocycles. The van der Waals surface area contributed by atoms with Crippen LogP contribution in [0.3, 0.4) is 0 Å². The zero-order valence-electron chi connectivity index (χ0n) is 18.3. The fourth-order valence-electron chi connectivity index (χ4n) is 5.05. The highest BCUT2D eigenvalue weighted by molar-refractivity contribution is 5.99. The van der Waals surface area contributed by atoms with Crippen molar-refractivity contribution in [3.05, 3.63) is 81.0 Å². The van der Waals surface area contributed by atoms with Gasteiger partial charge in [0.25, 0.3) is 11.5 Å². The second-order valence-corrected chi connectivity index (χ2v) is 8.82. The number of aromatic nitrogens is 3. The van der Waals surface area contributed by atoms with E-state index in [9.17, 15) is 9.59 Å². The molecule has 33 heavy (non-hydrogen) atoms. The third-order valence-corrected chi connectivity index (χ3v) is 6.74. The number of benzene rings is 2. The highest BCUT2D eigenvalue weighted by atomic mass is 35.5. The van der Waals surface area contributed by atoms with Gasteiger partial charge in [0.1, 0.15) is 11.3 Å². The molecule has 0 bridgehead atoms. The first-order chi connectivity index (χ1) is 15.6. The van der Waals surface area contributed by atoms with E-state index >= 15 is 0 Å². The van der Waals surface area contributed by atoms with E-state index in [0.717, 1.165) is 36.4 Å². The minimum atomic E-state index is -0.205. The van der Waals surface area contributed by atoms with Crippen LogP contribution in [0, 0.1) is 6.92 Å². The van der Waals surface area contributed by atoms with E-state index in [0.29, 0.717) is 36.3 Å². The summed E-state index contributed by atoms with van der Waals surface area (Å²) in [5.41, 5.74) is 5.68. The van der Waals surface area contributed by atoms with Crippen LogP contribution in [-0.2, 0) is 17.8 Å². The molecule has 0 saturated carbocycles. The number of aromatic amines is 1. The van der Waals surface area contributed by atoms with E-state index in [-0.39, 0.29) is 29.8 Å². The van der Waals surface area contributed by atoms with Gasteiger partial charge in [0.05, 0.1) is 23.8 Å². The van der Waals surface area contributed by atoms with Crippen LogP contribution in [0.2, 0.25) is 0 Å². The summed E-state index contributed by atoms with van der Waals surface area (Å²) < 4.78 is 7.61. The number of carbonyl (C=O) groups excluding carboxylic acids is 1. The first kappa shape index (κ1) is 21.7. The number of H-pyrrole nitrogens is 1. The number of nitrogens with one attached hydrogen (secondary N) is 1. The number of fused-ring (bicyclic) bond motifs is 4. The van der Waals surface area contributed by atoms with Crippen molar-refractivity contribution in [2.75, 3.05) is 13.2 Å². The molecule has 2 aliphatic rings. The fraction of sp³-hybridized carbons (Fsp3) is 0.320. The van der Waals surface area contributed by atoms with E-state index in [1.807, 2.05) is 40.5 Å². The van der Waals surface area contributed by atoms with Crippen LogP contribution in [0.5, 0.6) is 0 Å². The molecule has 1 atom stereocenters. The zero-order valence-corrected chi connectivity index (χ0v) is 19.2. The Labute approximate surface area is 196 Å². The first-order valence-electron chi connectivity index (χ1n) is 11.1. The predicted molar refractivity (Wildman–Crippen MR) is 128 cm³/mol. The number of carbonyl (C=O) groups is 1. The minimum absolute atomic E-state index is 0. The Balaban J connectivity index is 0.00000228. The molecule has 4 heterocycles. The van der Waals surface area contributed by atoms with Crippen molar-refractivity contribution in [3.63, 3.8) is 0 Å². The maximum absolute atomic E-state index is 13.4. The first-order valence-corrected chi connectivity index (χ1v) is 11.1. The molecule has 1 fully saturated rings. The van der Waals surface area contributed by atoms with Crippen LogP contribution in [-0.4, -0.2) is 38.4 Å². The number of nitrogens with zero attached hydrogens (tertiary/aromatic N) is 3. The summed E-state index contributed by atoms with van der Waals surface area (Å²) in [5, 5.41) is 0. The van der Waals surface area contributed by atoms with Gasteiger partial charge in [-0.25, -0.2) is 4.98 Å². The molecule has 2 aromatic carbocycles. The lowest BCUT2D eigenvalue weighted by Gasteiger charge is -2.22. The second kappa shape index (κ2) is 8.32. The Bertz CT molecular complexity index is 1410. The van der Waals surface area contributed by atoms with Crippen LogP contribution >= 0.6 is 12.4 Å². The van der Waals surface area contributed by atoms with Gasteiger partial charge in [0, 0.05) is 31.2 Å². The lowest BCUT2D eigenvalue weighted by molar-refractivity contribution is 0.0750. The molecule has 0 spiro atoms. The monoisotopic (exact) mass is 464 g/mol. The van der Waals surface area contributed by atoms with Crippen LogP contribution in [0.1, 0.15) is 51.6 Å². The second-order valence-electron chi connectivity index (χ2n) is 8.82. The van der Waals surface area contributed by atoms with E-state index in [1.54, 1.807) is 6.20 Å². The molecule has 0 radical (unpaired) electrons. The third-order valence-electron chi connectivity index (χ3n) is 6.74. The van der Waals surface area contributed by atoms with Crippen molar-refractivity contribution in [2.24, 2.45) is 0 Å². The number of rotatable bonds is 2. The average Bonchev–Trinajstić information content (AvgIpc) is 3.45. The summed E-state index contributed by atoms with van der Waals surface area (Å²) in [6.45, 7) is 4.54. The molecule has 1 N–H and O–H groups in total. The molecule has 1 unspecified atom stereocenters. The number of ether oxygens (including phenoxy) is 1. The molecule has 4 aromatic rings. The number of halogens is 1. The molecular weight excluding hydrogens is 440 g/mol. The van der Waals surface area contributed by atoms with Crippen LogP contribution in [0.15, 0.2) is 47.4 Å². The topological polar surface area (TPSA) is 79.7 Å². The molecule has 7 nitrogen and oxygen atoms in total. The van der Waals surface area contributed by atoms with Gasteiger partial charge >= 0.3 is 0 Å². The van der Waals surface area contributed by atoms with Crippen molar-refractivity contribution in [1.29, 1.82) is 0 Å². The van der Waals surface area contributed by atoms with Gasteiger partial charge in [-0.1, -0.05) is 24.3 Å². The van der Waals surface area contributed by atoms with Gasteiger partial charge in [0.15, 0.2) is 0 Å². The highest BCUT2D eigenvalue weighted by Crippen LogP contribution is 2.29. The maximum Gasteiger partial charge on any atom is 0.274 e. The average molecular weight is 465 g/mol. The van der Waals surface area contributed by atoms with E-state index in [2.05, 4.69) is 22.1 Å². The molecule has 1 amide bonds. The summed E-state index contributed by atoms with van der Waals surface area (Å²) >= 11 is 0. The molecule has 1 saturated heterocycles. The Hall–Kier alpha value is -3.16. The zero-order chi connectivity index (χ0) is 21.8. The van der Waals surface area contributed by atoms with Crippen molar-refractivity contribution < 1.29 is 9.53 Å². The van der Waals surface area contributed by atoms with E-state index in [4.69, 9.17) is 4.74 Å². The van der Waals surface area contributed by atoms with Gasteiger partial charge in [-0.05, 0) is 48.6 Å². The fourth-order valence-corrected chi connectivity index (χ4v) is 5.05. The van der Waals surface area contributed by atoms with Gasteiger partial charge in [-0.15, -0.1) is 12.4 Å². The summed E-state index contributed by atoms with van der Waals surface area (Å²) in [5.74, 6) is 0.985. The maximum atomic E-state index is 13.4. The third kappa shape index (κ3) is 3.52. The van der Waals surface area contributed by atoms with Crippen LogP contribution in [0.4, 0.5) is 0 Å². The van der Waals surface area contributed by atoms with Crippen LogP contribution < -0.4 is 5.56 Å². The van der Waals surface area contributed by atoms with Crippen LogP contribution in [0.25, 0.3) is 16.6 Å². The van der Waals surface area contributed by atoms with E-state index < -0.39 is 0 Å². The Morgan fingerprint density at radius 3 is 2.61 bits per heavy atom. The number of imidazole rings is 1. The van der Waals surface area contributed by atoms with Gasteiger partial charge < -0.3 is 14.6 Å². The summed E-state index contributed by atoms with van der Waals surface area (Å²) in [4.78, 5) is 35.6. The molecule has 6 rings (SSSR count). The number of amides is 1. The molecule has 0 aliphatic carbocycles. The molecular formula is C25H25ClN4O3. The SMILES string of the molecule is Cc1cc2c(cc1C(=O)N1Cc3ccccc3C1)[nH]c(=O)c1cnc(C3CCCOC3)n12.Cl. The van der Waals surface area contributed by atoms with E-state index in [1.165, 1.54) is 11.1 Å². The minimum Gasteiger partial charge on any atom is -0.381 e. The number of aryl methyl sites for hydroxylation is 1. The van der Waals surface area contributed by atoms with Crippen molar-refractivity contribution in [3.8, 4) is 0 Å². The summed E-state index contributed by atoms with van der Waals surface area (Å²) in [6, 6.07) is 12.0. The number of hydrogen-bond acceptors (Lipinski definition) is 4. The van der Waals surface area contributed by atoms with Gasteiger partial charge in [-0.2, -0.15) is 0 Å². The van der Waals surface area contributed by atoms with Gasteiger partial charge in [-0.3, -0.25) is 14.0 Å². The molecule has 170 valence electrons. The smallest absolute Gasteiger partial charge is 0.274 e. The largest absolute Gasteiger partial charge is 0.381 e. The Morgan fingerprint density at radius 2 is 1.91 bits per heavy atom. The quantitative estimate of drug-likeness (QED) is 0.487. The highest BCUT2D eigenvalue weighted by Gasteiger charge is 2.27. The normalized spacial score (nSPS) is 17.8. The lowest BCUT2D eigenvalue weighted by Crippen LogP contribution is -2.26. The standard InChI is InChI=1S/C25H24N4O3.ClH/c1-15-9-21-20(10-19(15)25(31)28-12-16-5-2-3-6-17(16)13-28)27-24(30)22-11-26-23(29(21)22)18-7-4-8-32-14-18;/h2-3,5-6,9-11,18H,4,7-8,12-14H2,1H3,(H,27,30);1H. The Morgan fingerprint density at radius 1 is 1.15 bits per heavy atom. The van der Waals surface area contributed by atoms with Crippen molar-refractivity contribution >= 4 is 34.9 Å². The number of hydrogen-bond donors (Lipinski definition) is 1. The molecule has 2 aliphatic heterocycles. The molecule has 8 heteroatoms. The van der Waals surface area contributed by atoms with Crippen molar-refractivity contribution in [2.45, 2.75) is 38.8 Å². The van der Waals surface area contributed by atoms with Gasteiger partial charge in [0.2, 0.25) is 0 Å². The lowest BCUT2D eigenvalue weighted by atomic mass is 10.0. The predicted octanol–water partition coefficient (Wildman–Crippen LogP) is 3.96. The Kier molecular flexibility index (Phi) is 5.46.